The summed E-state index contributed by atoms with van der Waals surface area (Å²) >= 11 is 0. The van der Waals surface area contributed by atoms with Gasteiger partial charge in [0, 0.05) is 20.1 Å². The molecule has 1 aromatic rings. The minimum Gasteiger partial charge on any atom is -0.385 e. The van der Waals surface area contributed by atoms with Gasteiger partial charge >= 0.3 is 0 Å². The molecule has 5 heteroatoms. The van der Waals surface area contributed by atoms with Gasteiger partial charge in [0.05, 0.1) is 6.54 Å². The second-order valence-corrected chi connectivity index (χ2v) is 2.73. The van der Waals surface area contributed by atoms with E-state index in [0.29, 0.717) is 12.4 Å². The van der Waals surface area contributed by atoms with Crippen LogP contribution in [0.1, 0.15) is 18.1 Å². The number of ether oxygens (including phenoxy) is 1. The fourth-order valence-corrected chi connectivity index (χ4v) is 0.989. The average molecular weight is 185 g/mol. The van der Waals surface area contributed by atoms with Crippen molar-refractivity contribution < 1.29 is 9.26 Å². The fourth-order valence-electron chi connectivity index (χ4n) is 0.989. The molecule has 0 saturated heterocycles. The molecular formula is C8H15N3O2. The lowest BCUT2D eigenvalue weighted by molar-refractivity contribution is 0.194. The highest BCUT2D eigenvalue weighted by Gasteiger charge is 2.03. The third-order valence-electron chi connectivity index (χ3n) is 1.59. The van der Waals surface area contributed by atoms with Crippen LogP contribution in [0.5, 0.6) is 0 Å². The number of methoxy groups -OCH3 is 1. The first-order valence-corrected chi connectivity index (χ1v) is 4.32. The first kappa shape index (κ1) is 10.1. The van der Waals surface area contributed by atoms with E-state index in [2.05, 4.69) is 15.5 Å². The Labute approximate surface area is 77.5 Å². The van der Waals surface area contributed by atoms with Crippen LogP contribution in [0, 0.1) is 0 Å². The molecule has 0 aliphatic rings. The molecule has 0 radical (unpaired) electrons. The number of nitrogens with one attached hydrogen (secondary N) is 1. The molecule has 13 heavy (non-hydrogen) atoms. The standard InChI is InChI=1S/C8H15N3O2/c1-9-6-8-10-7(11-13-8)4-3-5-12-2/h9H,3-6H2,1-2H3. The first-order chi connectivity index (χ1) is 6.36. The number of hydrogen-bond acceptors (Lipinski definition) is 5. The highest BCUT2D eigenvalue weighted by Crippen LogP contribution is 1.99. The number of aryl methyl sites for hydroxylation is 1. The summed E-state index contributed by atoms with van der Waals surface area (Å²) in [6.07, 6.45) is 1.73. The molecule has 0 fully saturated rings. The van der Waals surface area contributed by atoms with E-state index in [1.54, 1.807) is 7.11 Å². The van der Waals surface area contributed by atoms with Gasteiger partial charge in [-0.3, -0.25) is 0 Å². The van der Waals surface area contributed by atoms with Gasteiger partial charge in [-0.25, -0.2) is 0 Å². The van der Waals surface area contributed by atoms with Crippen LogP contribution in [0.15, 0.2) is 4.52 Å². The molecule has 0 atom stereocenters. The summed E-state index contributed by atoms with van der Waals surface area (Å²) in [7, 11) is 3.53. The van der Waals surface area contributed by atoms with E-state index in [1.165, 1.54) is 0 Å². The molecular weight excluding hydrogens is 170 g/mol. The van der Waals surface area contributed by atoms with Crippen LogP contribution in [-0.2, 0) is 17.7 Å². The monoisotopic (exact) mass is 185 g/mol. The average Bonchev–Trinajstić information content (AvgIpc) is 2.54. The van der Waals surface area contributed by atoms with E-state index in [0.717, 1.165) is 25.3 Å². The molecule has 0 saturated carbocycles. The van der Waals surface area contributed by atoms with Crippen molar-refractivity contribution in [1.29, 1.82) is 0 Å². The van der Waals surface area contributed by atoms with Crippen LogP contribution in [0.4, 0.5) is 0 Å². The number of aromatic nitrogens is 2. The Kier molecular flexibility index (Phi) is 4.42. The Bertz CT molecular complexity index is 237. The molecule has 1 aromatic heterocycles. The summed E-state index contributed by atoms with van der Waals surface area (Å²) in [5.74, 6) is 1.39. The number of hydrogen-bond donors (Lipinski definition) is 1. The van der Waals surface area contributed by atoms with Crippen molar-refractivity contribution in [2.24, 2.45) is 0 Å². The number of nitrogens with zero attached hydrogens (tertiary/aromatic N) is 2. The second-order valence-electron chi connectivity index (χ2n) is 2.73. The lowest BCUT2D eigenvalue weighted by Crippen LogP contribution is -2.05. The Morgan fingerprint density at radius 2 is 2.38 bits per heavy atom. The zero-order valence-electron chi connectivity index (χ0n) is 8.04. The molecule has 0 amide bonds. The zero-order chi connectivity index (χ0) is 9.52. The maximum atomic E-state index is 4.97. The van der Waals surface area contributed by atoms with Gasteiger partial charge in [-0.15, -0.1) is 0 Å². The van der Waals surface area contributed by atoms with E-state index in [1.807, 2.05) is 7.05 Å². The lowest BCUT2D eigenvalue weighted by atomic mass is 10.3. The molecule has 1 heterocycles. The topological polar surface area (TPSA) is 60.2 Å². The van der Waals surface area contributed by atoms with Crippen LogP contribution in [0.3, 0.4) is 0 Å². The minimum atomic E-state index is 0.622. The van der Waals surface area contributed by atoms with Crippen LogP contribution in [-0.4, -0.2) is 30.9 Å². The predicted molar refractivity (Wildman–Crippen MR) is 47.3 cm³/mol. The minimum absolute atomic E-state index is 0.622. The van der Waals surface area contributed by atoms with E-state index in [-0.39, 0.29) is 0 Å². The third kappa shape index (κ3) is 3.52. The smallest absolute Gasteiger partial charge is 0.240 e. The predicted octanol–water partition coefficient (Wildman–Crippen LogP) is 0.368. The summed E-state index contributed by atoms with van der Waals surface area (Å²) < 4.78 is 9.89. The highest BCUT2D eigenvalue weighted by molar-refractivity contribution is 4.85. The van der Waals surface area contributed by atoms with Crippen molar-refractivity contribution in [3.63, 3.8) is 0 Å². The Balaban J connectivity index is 2.31. The van der Waals surface area contributed by atoms with Gasteiger partial charge in [0.15, 0.2) is 5.82 Å². The van der Waals surface area contributed by atoms with Crippen LogP contribution in [0.25, 0.3) is 0 Å². The fraction of sp³-hybridized carbons (Fsp3) is 0.750. The molecule has 0 spiro atoms. The SMILES string of the molecule is CNCc1nc(CCCOC)no1. The van der Waals surface area contributed by atoms with Crippen molar-refractivity contribution >= 4 is 0 Å². The van der Waals surface area contributed by atoms with Gasteiger partial charge in [0.25, 0.3) is 0 Å². The Morgan fingerprint density at radius 1 is 1.54 bits per heavy atom. The quantitative estimate of drug-likeness (QED) is 0.649. The molecule has 0 aliphatic heterocycles. The van der Waals surface area contributed by atoms with E-state index in [9.17, 15) is 0 Å². The van der Waals surface area contributed by atoms with Gasteiger partial charge in [-0.2, -0.15) is 4.98 Å². The second kappa shape index (κ2) is 5.66. The summed E-state index contributed by atoms with van der Waals surface area (Å²) in [5.41, 5.74) is 0. The molecule has 0 aromatic carbocycles. The van der Waals surface area contributed by atoms with Gasteiger partial charge in [-0.05, 0) is 13.5 Å². The van der Waals surface area contributed by atoms with E-state index in [4.69, 9.17) is 9.26 Å². The molecule has 0 unspecified atom stereocenters. The maximum absolute atomic E-state index is 4.97. The molecule has 1 rings (SSSR count). The van der Waals surface area contributed by atoms with Gasteiger partial charge < -0.3 is 14.6 Å². The van der Waals surface area contributed by atoms with E-state index < -0.39 is 0 Å². The third-order valence-corrected chi connectivity index (χ3v) is 1.59. The van der Waals surface area contributed by atoms with E-state index >= 15 is 0 Å². The first-order valence-electron chi connectivity index (χ1n) is 4.32. The molecule has 0 aliphatic carbocycles. The summed E-state index contributed by atoms with van der Waals surface area (Å²) in [5, 5.41) is 6.77. The summed E-state index contributed by atoms with van der Waals surface area (Å²) in [6, 6.07) is 0. The van der Waals surface area contributed by atoms with Crippen molar-refractivity contribution in [2.75, 3.05) is 20.8 Å². The van der Waals surface area contributed by atoms with Crippen molar-refractivity contribution in [3.8, 4) is 0 Å². The molecule has 5 nitrogen and oxygen atoms in total. The van der Waals surface area contributed by atoms with Crippen LogP contribution < -0.4 is 5.32 Å². The normalized spacial score (nSPS) is 10.6. The maximum Gasteiger partial charge on any atom is 0.240 e. The van der Waals surface area contributed by atoms with Gasteiger partial charge in [-0.1, -0.05) is 5.16 Å². The molecule has 0 bridgehead atoms. The summed E-state index contributed by atoms with van der Waals surface area (Å²) in [4.78, 5) is 4.18. The van der Waals surface area contributed by atoms with Gasteiger partial charge in [0.1, 0.15) is 0 Å². The highest BCUT2D eigenvalue weighted by atomic mass is 16.5. The van der Waals surface area contributed by atoms with Crippen LogP contribution >= 0.6 is 0 Å². The number of rotatable bonds is 6. The zero-order valence-corrected chi connectivity index (χ0v) is 8.04. The van der Waals surface area contributed by atoms with Crippen LogP contribution in [0.2, 0.25) is 0 Å². The Hall–Kier alpha value is -0.940. The lowest BCUT2D eigenvalue weighted by Gasteiger charge is -1.93. The van der Waals surface area contributed by atoms with Gasteiger partial charge in [0.2, 0.25) is 5.89 Å². The molecule has 74 valence electrons. The van der Waals surface area contributed by atoms with Crippen molar-refractivity contribution in [1.82, 2.24) is 15.5 Å². The molecule has 1 N–H and O–H groups in total. The Morgan fingerprint density at radius 3 is 3.08 bits per heavy atom. The van der Waals surface area contributed by atoms with Crippen molar-refractivity contribution in [3.05, 3.63) is 11.7 Å². The van der Waals surface area contributed by atoms with Crippen molar-refractivity contribution in [2.45, 2.75) is 19.4 Å². The summed E-state index contributed by atoms with van der Waals surface area (Å²) in [6.45, 7) is 1.35. The largest absolute Gasteiger partial charge is 0.385 e.